The van der Waals surface area contributed by atoms with Crippen LogP contribution in [-0.2, 0) is 4.79 Å². The molecule has 3 rings (SSSR count). The molecule has 0 fully saturated rings. The molecule has 1 unspecified atom stereocenters. The average molecular weight is 333 g/mol. The van der Waals surface area contributed by atoms with Crippen molar-refractivity contribution in [2.24, 2.45) is 10.7 Å². The van der Waals surface area contributed by atoms with E-state index in [9.17, 15) is 18.0 Å². The number of aliphatic imine (C=N–C) groups is 1. The zero-order valence-corrected chi connectivity index (χ0v) is 12.5. The monoisotopic (exact) mass is 333 g/mol. The number of allylic oxidation sites excluding steroid dienone is 2. The summed E-state index contributed by atoms with van der Waals surface area (Å²) in [5, 5.41) is 0. The lowest BCUT2D eigenvalue weighted by molar-refractivity contribution is -0.158. The second kappa shape index (κ2) is 5.99. The summed E-state index contributed by atoms with van der Waals surface area (Å²) < 4.78 is 38.8. The first kappa shape index (κ1) is 16.0. The van der Waals surface area contributed by atoms with Gasteiger partial charge in [-0.3, -0.25) is 4.79 Å². The lowest BCUT2D eigenvalue weighted by Crippen LogP contribution is -2.49. The molecule has 0 saturated carbocycles. The van der Waals surface area contributed by atoms with Crippen molar-refractivity contribution in [1.82, 2.24) is 4.90 Å². The van der Waals surface area contributed by atoms with E-state index in [0.717, 1.165) is 0 Å². The second-order valence-corrected chi connectivity index (χ2v) is 5.40. The fourth-order valence-electron chi connectivity index (χ4n) is 2.72. The van der Waals surface area contributed by atoms with Gasteiger partial charge in [0.1, 0.15) is 6.54 Å². The number of nitrogens with two attached hydrogens (primary N) is 1. The van der Waals surface area contributed by atoms with E-state index in [-0.39, 0.29) is 0 Å². The van der Waals surface area contributed by atoms with Crippen molar-refractivity contribution in [3.63, 3.8) is 0 Å². The highest BCUT2D eigenvalue weighted by Crippen LogP contribution is 2.32. The minimum absolute atomic E-state index is 0.400. The lowest BCUT2D eigenvalue weighted by Gasteiger charge is -2.31. The van der Waals surface area contributed by atoms with E-state index in [0.29, 0.717) is 21.7 Å². The van der Waals surface area contributed by atoms with E-state index in [4.69, 9.17) is 5.73 Å². The minimum atomic E-state index is -4.53. The largest absolute Gasteiger partial charge is 0.406 e. The van der Waals surface area contributed by atoms with Crippen LogP contribution in [0.25, 0.3) is 5.70 Å². The summed E-state index contributed by atoms with van der Waals surface area (Å²) in [4.78, 5) is 17.2. The van der Waals surface area contributed by atoms with Gasteiger partial charge in [0.25, 0.3) is 5.91 Å². The number of amides is 1. The van der Waals surface area contributed by atoms with Crippen molar-refractivity contribution in [2.75, 3.05) is 6.54 Å². The smallest absolute Gasteiger partial charge is 0.379 e. The summed E-state index contributed by atoms with van der Waals surface area (Å²) in [6.45, 7) is -1.39. The van der Waals surface area contributed by atoms with E-state index >= 15 is 0 Å². The van der Waals surface area contributed by atoms with Crippen LogP contribution in [-0.4, -0.2) is 35.4 Å². The summed E-state index contributed by atoms with van der Waals surface area (Å²) in [6.07, 6.45) is 1.96. The van der Waals surface area contributed by atoms with Gasteiger partial charge in [0, 0.05) is 11.1 Å². The predicted octanol–water partition coefficient (Wildman–Crippen LogP) is 2.65. The molecule has 1 aliphatic carbocycles. The number of alkyl halides is 3. The van der Waals surface area contributed by atoms with Gasteiger partial charge in [0.2, 0.25) is 0 Å². The van der Waals surface area contributed by atoms with Gasteiger partial charge >= 0.3 is 6.18 Å². The maximum atomic E-state index is 12.9. The third-order valence-corrected chi connectivity index (χ3v) is 3.72. The molecule has 1 aromatic carbocycles. The number of rotatable bonds is 2. The number of hydrogen-bond donors (Lipinski definition) is 1. The van der Waals surface area contributed by atoms with Crippen molar-refractivity contribution in [2.45, 2.75) is 12.2 Å². The van der Waals surface area contributed by atoms with Crippen LogP contribution in [0.2, 0.25) is 0 Å². The highest BCUT2D eigenvalue weighted by Gasteiger charge is 2.40. The molecule has 2 N–H and O–H groups in total. The van der Waals surface area contributed by atoms with E-state index in [1.165, 1.54) is 6.08 Å². The predicted molar refractivity (Wildman–Crippen MR) is 84.8 cm³/mol. The van der Waals surface area contributed by atoms with E-state index < -0.39 is 30.5 Å². The Morgan fingerprint density at radius 2 is 1.88 bits per heavy atom. The maximum Gasteiger partial charge on any atom is 0.406 e. The first-order valence-electron chi connectivity index (χ1n) is 7.23. The fraction of sp³-hybridized carbons (Fsp3) is 0.176. The molecule has 24 heavy (non-hydrogen) atoms. The van der Waals surface area contributed by atoms with Gasteiger partial charge in [-0.1, -0.05) is 54.6 Å². The van der Waals surface area contributed by atoms with Gasteiger partial charge in [-0.15, -0.1) is 0 Å². The third-order valence-electron chi connectivity index (χ3n) is 3.72. The summed E-state index contributed by atoms with van der Waals surface area (Å²) in [5.41, 5.74) is 7.26. The van der Waals surface area contributed by atoms with Gasteiger partial charge < -0.3 is 10.6 Å². The Hall–Kier alpha value is -2.83. The Kier molecular flexibility index (Phi) is 4.01. The van der Waals surface area contributed by atoms with Gasteiger partial charge in [-0.05, 0) is 0 Å². The van der Waals surface area contributed by atoms with E-state index in [1.807, 2.05) is 6.07 Å². The van der Waals surface area contributed by atoms with Crippen molar-refractivity contribution in [3.8, 4) is 0 Å². The molecule has 0 bridgehead atoms. The van der Waals surface area contributed by atoms with Crippen LogP contribution >= 0.6 is 0 Å². The van der Waals surface area contributed by atoms with Crippen molar-refractivity contribution in [1.29, 1.82) is 0 Å². The Bertz CT molecular complexity index is 776. The molecule has 0 spiro atoms. The van der Waals surface area contributed by atoms with Crippen LogP contribution in [0.15, 0.2) is 65.2 Å². The molecule has 1 heterocycles. The van der Waals surface area contributed by atoms with E-state index in [2.05, 4.69) is 4.99 Å². The molecule has 0 aromatic heterocycles. The number of carbonyl (C=O) groups is 1. The standard InChI is InChI=1S/C17H14F3N3O/c18-17(19,20)10-23-13-9-5-4-8-12(13)14(22-15(21)16(23)24)11-6-2-1-3-7-11/h1-9,13H,10H2,(H2,21,22). The Morgan fingerprint density at radius 3 is 2.54 bits per heavy atom. The number of fused-ring (bicyclic) bond motifs is 1. The van der Waals surface area contributed by atoms with Gasteiger partial charge in [-0.25, -0.2) is 4.99 Å². The first-order valence-corrected chi connectivity index (χ1v) is 7.23. The lowest BCUT2D eigenvalue weighted by atomic mass is 9.95. The summed E-state index contributed by atoms with van der Waals surface area (Å²) in [6, 6.07) is 8.05. The molecular weight excluding hydrogens is 319 g/mol. The maximum absolute atomic E-state index is 12.9. The number of amidine groups is 1. The first-order chi connectivity index (χ1) is 11.4. The topological polar surface area (TPSA) is 58.7 Å². The molecule has 0 saturated heterocycles. The van der Waals surface area contributed by atoms with Crippen LogP contribution < -0.4 is 5.73 Å². The number of hydrogen-bond acceptors (Lipinski definition) is 3. The van der Waals surface area contributed by atoms with E-state index in [1.54, 1.807) is 42.5 Å². The van der Waals surface area contributed by atoms with Crippen molar-refractivity contribution < 1.29 is 18.0 Å². The Labute approximate surface area is 136 Å². The molecular formula is C17H14F3N3O. The minimum Gasteiger partial charge on any atom is -0.379 e. The van der Waals surface area contributed by atoms with Crippen LogP contribution in [0.4, 0.5) is 13.2 Å². The molecule has 1 atom stereocenters. The Morgan fingerprint density at radius 1 is 1.17 bits per heavy atom. The van der Waals surface area contributed by atoms with Gasteiger partial charge in [0.05, 0.1) is 11.7 Å². The number of nitrogens with zero attached hydrogens (tertiary/aromatic N) is 2. The van der Waals surface area contributed by atoms with Crippen LogP contribution in [0.3, 0.4) is 0 Å². The quantitative estimate of drug-likeness (QED) is 0.904. The average Bonchev–Trinajstić information content (AvgIpc) is 2.65. The molecule has 124 valence electrons. The van der Waals surface area contributed by atoms with Gasteiger partial charge in [0.15, 0.2) is 5.84 Å². The number of carbonyl (C=O) groups excluding carboxylic acids is 1. The normalized spacial score (nSPS) is 20.8. The zero-order chi connectivity index (χ0) is 17.3. The summed E-state index contributed by atoms with van der Waals surface area (Å²) in [5.74, 6) is -1.39. The van der Waals surface area contributed by atoms with Gasteiger partial charge in [-0.2, -0.15) is 13.2 Å². The number of benzene rings is 1. The molecule has 1 aromatic rings. The van der Waals surface area contributed by atoms with Crippen molar-refractivity contribution >= 4 is 17.4 Å². The third kappa shape index (κ3) is 3.10. The highest BCUT2D eigenvalue weighted by atomic mass is 19.4. The van der Waals surface area contributed by atoms with Crippen LogP contribution in [0, 0.1) is 0 Å². The Balaban J connectivity index is 2.16. The molecule has 7 heteroatoms. The number of halogens is 3. The molecule has 4 nitrogen and oxygen atoms in total. The molecule has 2 aliphatic rings. The molecule has 1 amide bonds. The SMILES string of the molecule is NC1=NC(c2ccccc2)=C2C=CC=CC2N(CC(F)(F)F)C1=O. The molecule has 0 radical (unpaired) electrons. The van der Waals surface area contributed by atoms with Crippen LogP contribution in [0.1, 0.15) is 5.56 Å². The molecule has 1 aliphatic heterocycles. The fourth-order valence-corrected chi connectivity index (χ4v) is 2.72. The summed E-state index contributed by atoms with van der Waals surface area (Å²) >= 11 is 0. The summed E-state index contributed by atoms with van der Waals surface area (Å²) in [7, 11) is 0. The van der Waals surface area contributed by atoms with Crippen LogP contribution in [0.5, 0.6) is 0 Å². The second-order valence-electron chi connectivity index (χ2n) is 5.40. The van der Waals surface area contributed by atoms with Crippen molar-refractivity contribution in [3.05, 3.63) is 65.8 Å². The highest BCUT2D eigenvalue weighted by molar-refractivity contribution is 6.38. The zero-order valence-electron chi connectivity index (χ0n) is 12.5.